The normalized spacial score (nSPS) is 23.2. The molecule has 0 radical (unpaired) electrons. The minimum absolute atomic E-state index is 0.148. The summed E-state index contributed by atoms with van der Waals surface area (Å²) in [7, 11) is 0. The zero-order chi connectivity index (χ0) is 8.97. The van der Waals surface area contributed by atoms with E-state index in [4.69, 9.17) is 10.2 Å². The molecule has 0 aromatic carbocycles. The van der Waals surface area contributed by atoms with Crippen molar-refractivity contribution >= 4 is 0 Å². The minimum Gasteiger partial charge on any atom is -0.394 e. The fourth-order valence-electron chi connectivity index (χ4n) is 1.49. The second kappa shape index (κ2) is 4.80. The molecular formula is C9H19NO2. The maximum absolute atomic E-state index is 9.07. The van der Waals surface area contributed by atoms with Gasteiger partial charge in [0, 0.05) is 12.6 Å². The molecule has 12 heavy (non-hydrogen) atoms. The van der Waals surface area contributed by atoms with Gasteiger partial charge in [-0.25, -0.2) is 0 Å². The van der Waals surface area contributed by atoms with Crippen molar-refractivity contribution in [3.8, 4) is 0 Å². The van der Waals surface area contributed by atoms with Gasteiger partial charge in [-0.1, -0.05) is 6.42 Å². The zero-order valence-corrected chi connectivity index (χ0v) is 7.66. The lowest BCUT2D eigenvalue weighted by Crippen LogP contribution is -2.41. The lowest BCUT2D eigenvalue weighted by atomic mass is 9.80. The van der Waals surface area contributed by atoms with Crippen molar-refractivity contribution in [1.82, 2.24) is 5.32 Å². The first-order valence-corrected chi connectivity index (χ1v) is 4.76. The standard InChI is InChI=1S/C9H19NO2/c1-7(8-3-2-4-8)10-5-9(12)6-11/h7-12H,2-6H2,1H3. The Morgan fingerprint density at radius 2 is 2.17 bits per heavy atom. The van der Waals surface area contributed by atoms with Crippen molar-refractivity contribution in [3.63, 3.8) is 0 Å². The van der Waals surface area contributed by atoms with Gasteiger partial charge in [-0.3, -0.25) is 0 Å². The Morgan fingerprint density at radius 3 is 2.58 bits per heavy atom. The van der Waals surface area contributed by atoms with Crippen LogP contribution in [0.3, 0.4) is 0 Å². The molecule has 3 N–H and O–H groups in total. The van der Waals surface area contributed by atoms with E-state index in [0.717, 1.165) is 5.92 Å². The first-order valence-electron chi connectivity index (χ1n) is 4.76. The topological polar surface area (TPSA) is 52.5 Å². The summed E-state index contributed by atoms with van der Waals surface area (Å²) in [5.74, 6) is 0.788. The van der Waals surface area contributed by atoms with Crippen LogP contribution >= 0.6 is 0 Å². The summed E-state index contributed by atoms with van der Waals surface area (Å²) in [6.45, 7) is 2.51. The molecule has 1 aliphatic carbocycles. The van der Waals surface area contributed by atoms with Crippen LogP contribution in [-0.4, -0.2) is 35.5 Å². The third-order valence-electron chi connectivity index (χ3n) is 2.74. The smallest absolute Gasteiger partial charge is 0.0895 e. The second-order valence-electron chi connectivity index (χ2n) is 3.72. The van der Waals surface area contributed by atoms with Crippen molar-refractivity contribution in [2.45, 2.75) is 38.3 Å². The maximum Gasteiger partial charge on any atom is 0.0895 e. The van der Waals surface area contributed by atoms with Gasteiger partial charge in [0.1, 0.15) is 0 Å². The van der Waals surface area contributed by atoms with Crippen LogP contribution < -0.4 is 5.32 Å². The number of hydrogen-bond acceptors (Lipinski definition) is 3. The van der Waals surface area contributed by atoms with Crippen LogP contribution in [0.1, 0.15) is 26.2 Å². The molecule has 0 bridgehead atoms. The minimum atomic E-state index is -0.604. The fraction of sp³-hybridized carbons (Fsp3) is 1.00. The van der Waals surface area contributed by atoms with E-state index >= 15 is 0 Å². The highest BCUT2D eigenvalue weighted by Crippen LogP contribution is 2.29. The molecule has 1 aliphatic rings. The Kier molecular flexibility index (Phi) is 3.98. The molecular weight excluding hydrogens is 154 g/mol. The maximum atomic E-state index is 9.07. The van der Waals surface area contributed by atoms with Gasteiger partial charge < -0.3 is 15.5 Å². The summed E-state index contributed by atoms with van der Waals surface area (Å²) in [5.41, 5.74) is 0. The van der Waals surface area contributed by atoms with Crippen molar-refractivity contribution < 1.29 is 10.2 Å². The van der Waals surface area contributed by atoms with Crippen LogP contribution in [0.25, 0.3) is 0 Å². The first-order chi connectivity index (χ1) is 5.74. The molecule has 2 unspecified atom stereocenters. The molecule has 0 aromatic heterocycles. The van der Waals surface area contributed by atoms with Gasteiger partial charge >= 0.3 is 0 Å². The third-order valence-corrected chi connectivity index (χ3v) is 2.74. The van der Waals surface area contributed by atoms with Crippen LogP contribution in [-0.2, 0) is 0 Å². The van der Waals surface area contributed by atoms with Gasteiger partial charge in [0.05, 0.1) is 12.7 Å². The van der Waals surface area contributed by atoms with E-state index in [2.05, 4.69) is 12.2 Å². The molecule has 1 fully saturated rings. The van der Waals surface area contributed by atoms with Crippen LogP contribution in [0.4, 0.5) is 0 Å². The van der Waals surface area contributed by atoms with Crippen molar-refractivity contribution in [1.29, 1.82) is 0 Å². The number of aliphatic hydroxyl groups excluding tert-OH is 2. The molecule has 0 aliphatic heterocycles. The second-order valence-corrected chi connectivity index (χ2v) is 3.72. The fourth-order valence-corrected chi connectivity index (χ4v) is 1.49. The lowest BCUT2D eigenvalue weighted by Gasteiger charge is -2.32. The average molecular weight is 173 g/mol. The average Bonchev–Trinajstić information content (AvgIpc) is 1.97. The van der Waals surface area contributed by atoms with Gasteiger partial charge in [-0.15, -0.1) is 0 Å². The predicted octanol–water partition coefficient (Wildman–Crippen LogP) is 0.118. The Labute approximate surface area is 73.8 Å². The highest BCUT2D eigenvalue weighted by atomic mass is 16.3. The lowest BCUT2D eigenvalue weighted by molar-refractivity contribution is 0.0874. The molecule has 3 heteroatoms. The van der Waals surface area contributed by atoms with E-state index in [-0.39, 0.29) is 6.61 Å². The van der Waals surface area contributed by atoms with Crippen molar-refractivity contribution in [2.75, 3.05) is 13.2 Å². The Morgan fingerprint density at radius 1 is 1.50 bits per heavy atom. The molecule has 0 spiro atoms. The van der Waals surface area contributed by atoms with E-state index in [1.165, 1.54) is 19.3 Å². The molecule has 0 heterocycles. The van der Waals surface area contributed by atoms with Crippen molar-refractivity contribution in [2.24, 2.45) is 5.92 Å². The highest BCUT2D eigenvalue weighted by molar-refractivity contribution is 4.79. The van der Waals surface area contributed by atoms with Crippen LogP contribution in [0, 0.1) is 5.92 Å². The summed E-state index contributed by atoms with van der Waals surface area (Å²) >= 11 is 0. The molecule has 72 valence electrons. The summed E-state index contributed by atoms with van der Waals surface area (Å²) in [6, 6.07) is 0.486. The van der Waals surface area contributed by atoms with Gasteiger partial charge in [0.25, 0.3) is 0 Å². The molecule has 2 atom stereocenters. The van der Waals surface area contributed by atoms with E-state index < -0.39 is 6.10 Å². The monoisotopic (exact) mass is 173 g/mol. The van der Waals surface area contributed by atoms with Crippen LogP contribution in [0.2, 0.25) is 0 Å². The van der Waals surface area contributed by atoms with Crippen molar-refractivity contribution in [3.05, 3.63) is 0 Å². The van der Waals surface area contributed by atoms with Gasteiger partial charge in [0.15, 0.2) is 0 Å². The molecule has 3 nitrogen and oxygen atoms in total. The van der Waals surface area contributed by atoms with E-state index in [1.54, 1.807) is 0 Å². The van der Waals surface area contributed by atoms with Crippen LogP contribution in [0.15, 0.2) is 0 Å². The SMILES string of the molecule is CC(NCC(O)CO)C1CCC1. The molecule has 1 rings (SSSR count). The molecule has 0 aromatic rings. The summed E-state index contributed by atoms with van der Waals surface area (Å²) < 4.78 is 0. The third kappa shape index (κ3) is 2.73. The van der Waals surface area contributed by atoms with Crippen LogP contribution in [0.5, 0.6) is 0 Å². The largest absolute Gasteiger partial charge is 0.394 e. The number of aliphatic hydroxyl groups is 2. The Bertz CT molecular complexity index is 126. The number of hydrogen-bond donors (Lipinski definition) is 3. The molecule has 0 amide bonds. The molecule has 1 saturated carbocycles. The van der Waals surface area contributed by atoms with E-state index in [0.29, 0.717) is 12.6 Å². The number of rotatable bonds is 5. The predicted molar refractivity (Wildman–Crippen MR) is 47.9 cm³/mol. The van der Waals surface area contributed by atoms with Gasteiger partial charge in [-0.2, -0.15) is 0 Å². The molecule has 0 saturated heterocycles. The Balaban J connectivity index is 2.05. The quantitative estimate of drug-likeness (QED) is 0.553. The zero-order valence-electron chi connectivity index (χ0n) is 7.66. The van der Waals surface area contributed by atoms with E-state index in [1.807, 2.05) is 0 Å². The van der Waals surface area contributed by atoms with Gasteiger partial charge in [-0.05, 0) is 25.7 Å². The highest BCUT2D eigenvalue weighted by Gasteiger charge is 2.23. The van der Waals surface area contributed by atoms with Gasteiger partial charge in [0.2, 0.25) is 0 Å². The summed E-state index contributed by atoms with van der Waals surface area (Å²) in [4.78, 5) is 0. The number of nitrogens with one attached hydrogen (secondary N) is 1. The summed E-state index contributed by atoms with van der Waals surface area (Å²) in [6.07, 6.45) is 3.36. The summed E-state index contributed by atoms with van der Waals surface area (Å²) in [5, 5.41) is 20.9. The first kappa shape index (κ1) is 9.96. The Hall–Kier alpha value is -0.120. The van der Waals surface area contributed by atoms with E-state index in [9.17, 15) is 0 Å².